The SMILES string of the molecule is CNS(=O)(=O)c1ccc(NCCOC)c(NS(=O)(=O)c2ccccc2)c1. The van der Waals surface area contributed by atoms with Gasteiger partial charge in [-0.25, -0.2) is 21.6 Å². The van der Waals surface area contributed by atoms with Crippen LogP contribution in [-0.4, -0.2) is 44.1 Å². The van der Waals surface area contributed by atoms with Crippen molar-refractivity contribution in [2.45, 2.75) is 9.79 Å². The lowest BCUT2D eigenvalue weighted by Gasteiger charge is -2.16. The molecule has 0 spiro atoms. The molecule has 26 heavy (non-hydrogen) atoms. The van der Waals surface area contributed by atoms with Crippen LogP contribution in [0.15, 0.2) is 58.3 Å². The van der Waals surface area contributed by atoms with Gasteiger partial charge >= 0.3 is 0 Å². The van der Waals surface area contributed by atoms with Crippen molar-refractivity contribution in [2.75, 3.05) is 37.3 Å². The highest BCUT2D eigenvalue weighted by atomic mass is 32.2. The normalized spacial score (nSPS) is 11.9. The first-order chi connectivity index (χ1) is 12.3. The Hall–Kier alpha value is -2.14. The highest BCUT2D eigenvalue weighted by Crippen LogP contribution is 2.28. The third-order valence-electron chi connectivity index (χ3n) is 3.49. The first kappa shape index (κ1) is 20.2. The van der Waals surface area contributed by atoms with Crippen LogP contribution in [-0.2, 0) is 24.8 Å². The summed E-state index contributed by atoms with van der Waals surface area (Å²) < 4.78 is 58.8. The highest BCUT2D eigenvalue weighted by molar-refractivity contribution is 7.92. The van der Waals surface area contributed by atoms with Gasteiger partial charge in [0.25, 0.3) is 10.0 Å². The first-order valence-corrected chi connectivity index (χ1v) is 10.6. The van der Waals surface area contributed by atoms with E-state index in [9.17, 15) is 16.8 Å². The molecule has 0 aliphatic rings. The Morgan fingerprint density at radius 3 is 2.19 bits per heavy atom. The van der Waals surface area contributed by atoms with Crippen molar-refractivity contribution in [1.82, 2.24) is 4.72 Å². The lowest BCUT2D eigenvalue weighted by Crippen LogP contribution is -2.20. The molecule has 0 aliphatic carbocycles. The van der Waals surface area contributed by atoms with Crippen molar-refractivity contribution in [3.8, 4) is 0 Å². The Morgan fingerprint density at radius 1 is 0.885 bits per heavy atom. The van der Waals surface area contributed by atoms with Gasteiger partial charge in [0.05, 0.1) is 27.8 Å². The number of sulfonamides is 2. The number of rotatable bonds is 9. The monoisotopic (exact) mass is 399 g/mol. The summed E-state index contributed by atoms with van der Waals surface area (Å²) in [7, 11) is -4.76. The second-order valence-electron chi connectivity index (χ2n) is 5.25. The van der Waals surface area contributed by atoms with Crippen LogP contribution >= 0.6 is 0 Å². The molecule has 0 aromatic heterocycles. The summed E-state index contributed by atoms with van der Waals surface area (Å²) in [6.07, 6.45) is 0. The number of nitrogens with one attached hydrogen (secondary N) is 3. The molecule has 0 unspecified atom stereocenters. The highest BCUT2D eigenvalue weighted by Gasteiger charge is 2.19. The van der Waals surface area contributed by atoms with E-state index in [1.807, 2.05) is 0 Å². The van der Waals surface area contributed by atoms with E-state index in [1.165, 1.54) is 37.4 Å². The summed E-state index contributed by atoms with van der Waals surface area (Å²) in [5, 5.41) is 3.02. The smallest absolute Gasteiger partial charge is 0.261 e. The van der Waals surface area contributed by atoms with E-state index in [0.29, 0.717) is 18.8 Å². The molecule has 0 bridgehead atoms. The Morgan fingerprint density at radius 2 is 1.58 bits per heavy atom. The molecular formula is C16H21N3O5S2. The molecule has 2 rings (SSSR count). The van der Waals surface area contributed by atoms with Crippen LogP contribution in [0.25, 0.3) is 0 Å². The summed E-state index contributed by atoms with van der Waals surface area (Å²) in [5.74, 6) is 0. The van der Waals surface area contributed by atoms with E-state index in [2.05, 4.69) is 14.8 Å². The number of ether oxygens (including phenoxy) is 1. The molecule has 0 atom stereocenters. The van der Waals surface area contributed by atoms with E-state index < -0.39 is 20.0 Å². The fourth-order valence-corrected chi connectivity index (χ4v) is 3.99. The minimum atomic E-state index is -3.87. The van der Waals surface area contributed by atoms with Crippen LogP contribution in [0.2, 0.25) is 0 Å². The van der Waals surface area contributed by atoms with Gasteiger partial charge in [0.2, 0.25) is 10.0 Å². The van der Waals surface area contributed by atoms with Crippen molar-refractivity contribution in [2.24, 2.45) is 0 Å². The minimum Gasteiger partial charge on any atom is -0.383 e. The molecule has 10 heteroatoms. The van der Waals surface area contributed by atoms with Crippen LogP contribution in [0.5, 0.6) is 0 Å². The summed E-state index contributed by atoms with van der Waals surface area (Å²) in [5.41, 5.74) is 0.567. The van der Waals surface area contributed by atoms with Gasteiger partial charge < -0.3 is 10.1 Å². The molecule has 0 fully saturated rings. The molecule has 0 radical (unpaired) electrons. The Balaban J connectivity index is 2.43. The third kappa shape index (κ3) is 4.94. The number of anilines is 2. The molecule has 0 saturated carbocycles. The maximum atomic E-state index is 12.6. The molecule has 2 aromatic rings. The molecule has 3 N–H and O–H groups in total. The zero-order chi connectivity index (χ0) is 19.2. The number of hydrogen-bond acceptors (Lipinski definition) is 6. The average molecular weight is 399 g/mol. The fraction of sp³-hybridized carbons (Fsp3) is 0.250. The van der Waals surface area contributed by atoms with Gasteiger partial charge in [0.1, 0.15) is 0 Å². The predicted octanol–water partition coefficient (Wildman–Crippen LogP) is 1.45. The van der Waals surface area contributed by atoms with Crippen LogP contribution < -0.4 is 14.8 Å². The molecule has 2 aromatic carbocycles. The first-order valence-electron chi connectivity index (χ1n) is 7.68. The molecule has 8 nitrogen and oxygen atoms in total. The Bertz CT molecular complexity index is 945. The van der Waals surface area contributed by atoms with E-state index in [0.717, 1.165) is 0 Å². The summed E-state index contributed by atoms with van der Waals surface area (Å²) in [4.78, 5) is 0.0211. The van der Waals surface area contributed by atoms with E-state index in [1.54, 1.807) is 25.3 Å². The molecule has 0 heterocycles. The molecular weight excluding hydrogens is 378 g/mol. The van der Waals surface area contributed by atoms with E-state index >= 15 is 0 Å². The minimum absolute atomic E-state index is 0.0527. The second-order valence-corrected chi connectivity index (χ2v) is 8.82. The van der Waals surface area contributed by atoms with Crippen molar-refractivity contribution in [3.05, 3.63) is 48.5 Å². The van der Waals surface area contributed by atoms with E-state index in [-0.39, 0.29) is 15.5 Å². The quantitative estimate of drug-likeness (QED) is 0.550. The standard InChI is InChI=1S/C16H21N3O5S2/c1-17-25(20,21)14-8-9-15(18-10-11-24-2)16(12-14)19-26(22,23)13-6-4-3-5-7-13/h3-9,12,17-19H,10-11H2,1-2H3. The maximum Gasteiger partial charge on any atom is 0.261 e. The fourth-order valence-electron chi connectivity index (χ4n) is 2.14. The average Bonchev–Trinajstić information content (AvgIpc) is 2.63. The van der Waals surface area contributed by atoms with Crippen LogP contribution in [0.4, 0.5) is 11.4 Å². The van der Waals surface area contributed by atoms with Gasteiger partial charge in [0, 0.05) is 13.7 Å². The van der Waals surface area contributed by atoms with Crippen LogP contribution in [0.1, 0.15) is 0 Å². The van der Waals surface area contributed by atoms with Crippen molar-refractivity contribution >= 4 is 31.4 Å². The molecule has 142 valence electrons. The van der Waals surface area contributed by atoms with Crippen molar-refractivity contribution in [3.63, 3.8) is 0 Å². The lowest BCUT2D eigenvalue weighted by molar-refractivity contribution is 0.211. The molecule has 0 amide bonds. The second kappa shape index (κ2) is 8.49. The van der Waals surface area contributed by atoms with E-state index in [4.69, 9.17) is 4.74 Å². The summed E-state index contributed by atoms with van der Waals surface area (Å²) in [6.45, 7) is 0.829. The van der Waals surface area contributed by atoms with Crippen LogP contribution in [0, 0.1) is 0 Å². The van der Waals surface area contributed by atoms with Gasteiger partial charge in [0.15, 0.2) is 0 Å². The topological polar surface area (TPSA) is 114 Å². The van der Waals surface area contributed by atoms with Crippen LogP contribution in [0.3, 0.4) is 0 Å². The maximum absolute atomic E-state index is 12.6. The zero-order valence-corrected chi connectivity index (χ0v) is 16.0. The Kier molecular flexibility index (Phi) is 6.59. The third-order valence-corrected chi connectivity index (χ3v) is 6.28. The van der Waals surface area contributed by atoms with Gasteiger partial charge in [-0.3, -0.25) is 4.72 Å². The van der Waals surface area contributed by atoms with Crippen molar-refractivity contribution in [1.29, 1.82) is 0 Å². The summed E-state index contributed by atoms with van der Waals surface area (Å²) >= 11 is 0. The number of hydrogen-bond donors (Lipinski definition) is 3. The zero-order valence-electron chi connectivity index (χ0n) is 14.4. The largest absolute Gasteiger partial charge is 0.383 e. The van der Waals surface area contributed by atoms with Gasteiger partial charge in [-0.15, -0.1) is 0 Å². The number of benzene rings is 2. The van der Waals surface area contributed by atoms with Gasteiger partial charge in [-0.1, -0.05) is 18.2 Å². The Labute approximate surface area is 153 Å². The summed E-state index contributed by atoms with van der Waals surface area (Å²) in [6, 6.07) is 12.0. The number of methoxy groups -OCH3 is 1. The van der Waals surface area contributed by atoms with Gasteiger partial charge in [-0.05, 0) is 37.4 Å². The molecule has 0 saturated heterocycles. The predicted molar refractivity (Wildman–Crippen MR) is 100 cm³/mol. The molecule has 0 aliphatic heterocycles. The lowest BCUT2D eigenvalue weighted by atomic mass is 10.2. The van der Waals surface area contributed by atoms with Gasteiger partial charge in [-0.2, -0.15) is 0 Å². The van der Waals surface area contributed by atoms with Crippen molar-refractivity contribution < 1.29 is 21.6 Å².